The monoisotopic (exact) mass is 415 g/mol. The number of nitrogens with one attached hydrogen (secondary N) is 2. The van der Waals surface area contributed by atoms with E-state index in [1.807, 2.05) is 0 Å². The molecule has 0 saturated carbocycles. The van der Waals surface area contributed by atoms with Crippen LogP contribution in [0.25, 0.3) is 0 Å². The number of aromatic nitrogens is 1. The van der Waals surface area contributed by atoms with Crippen molar-refractivity contribution in [2.24, 2.45) is 0 Å². The number of methoxy groups -OCH3 is 1. The van der Waals surface area contributed by atoms with Crippen molar-refractivity contribution in [3.05, 3.63) is 82.1 Å². The summed E-state index contributed by atoms with van der Waals surface area (Å²) in [5, 5.41) is 5.81. The first kappa shape index (κ1) is 19.7. The van der Waals surface area contributed by atoms with Gasteiger partial charge in [-0.2, -0.15) is 0 Å². The smallest absolute Gasteiger partial charge is 0.275 e. The molecule has 0 fully saturated rings. The maximum atomic E-state index is 12.3. The molecule has 0 bridgehead atoms. The van der Waals surface area contributed by atoms with Gasteiger partial charge in [0.1, 0.15) is 16.6 Å². The first-order valence-corrected chi connectivity index (χ1v) is 8.91. The van der Waals surface area contributed by atoms with Gasteiger partial charge in [-0.25, -0.2) is 4.98 Å². The molecule has 28 heavy (non-hydrogen) atoms. The Kier molecular flexibility index (Phi) is 6.13. The standard InChI is InChI=1S/C20H15Cl2N3O3/c1-28-15-8-6-14(7-9-15)23-19(26)12-2-4-13(5-3-12)24-20(27)18-16(21)10-11-17(22)25-18/h2-11H,1H3,(H,23,26)(H,24,27). The van der Waals surface area contributed by atoms with Crippen molar-refractivity contribution in [3.8, 4) is 5.75 Å². The number of rotatable bonds is 5. The molecule has 0 aliphatic carbocycles. The van der Waals surface area contributed by atoms with Crippen molar-refractivity contribution in [3.63, 3.8) is 0 Å². The van der Waals surface area contributed by atoms with E-state index in [9.17, 15) is 9.59 Å². The van der Waals surface area contributed by atoms with Crippen LogP contribution in [0.15, 0.2) is 60.7 Å². The molecule has 0 unspecified atom stereocenters. The van der Waals surface area contributed by atoms with Crippen LogP contribution in [0.2, 0.25) is 10.2 Å². The number of benzene rings is 2. The Balaban J connectivity index is 1.66. The number of hydrogen-bond acceptors (Lipinski definition) is 4. The zero-order valence-electron chi connectivity index (χ0n) is 14.7. The van der Waals surface area contributed by atoms with Crippen molar-refractivity contribution >= 4 is 46.4 Å². The maximum absolute atomic E-state index is 12.3. The molecule has 0 saturated heterocycles. The summed E-state index contributed by atoms with van der Waals surface area (Å²) in [7, 11) is 1.57. The zero-order chi connectivity index (χ0) is 20.1. The number of carbonyl (C=O) groups excluding carboxylic acids is 2. The molecule has 6 nitrogen and oxygen atoms in total. The molecule has 1 heterocycles. The highest BCUT2D eigenvalue weighted by atomic mass is 35.5. The van der Waals surface area contributed by atoms with Gasteiger partial charge in [-0.05, 0) is 60.7 Å². The second-order valence-electron chi connectivity index (χ2n) is 5.68. The molecule has 0 radical (unpaired) electrons. The zero-order valence-corrected chi connectivity index (χ0v) is 16.2. The molecule has 3 aromatic rings. The van der Waals surface area contributed by atoms with E-state index in [1.54, 1.807) is 55.6 Å². The minimum atomic E-state index is -0.497. The van der Waals surface area contributed by atoms with Crippen LogP contribution in [-0.2, 0) is 0 Å². The van der Waals surface area contributed by atoms with Crippen molar-refractivity contribution in [1.29, 1.82) is 0 Å². The van der Waals surface area contributed by atoms with Crippen molar-refractivity contribution in [2.75, 3.05) is 17.7 Å². The topological polar surface area (TPSA) is 80.3 Å². The van der Waals surface area contributed by atoms with Crippen molar-refractivity contribution < 1.29 is 14.3 Å². The van der Waals surface area contributed by atoms with Crippen molar-refractivity contribution in [1.82, 2.24) is 4.98 Å². The molecule has 3 rings (SSSR count). The molecular weight excluding hydrogens is 401 g/mol. The Bertz CT molecular complexity index is 1010. The lowest BCUT2D eigenvalue weighted by molar-refractivity contribution is 0.101. The summed E-state index contributed by atoms with van der Waals surface area (Å²) < 4.78 is 5.08. The highest BCUT2D eigenvalue weighted by Gasteiger charge is 2.14. The van der Waals surface area contributed by atoms with Gasteiger partial charge in [0, 0.05) is 16.9 Å². The van der Waals surface area contributed by atoms with E-state index in [0.29, 0.717) is 22.7 Å². The fourth-order valence-electron chi connectivity index (χ4n) is 2.35. The second kappa shape index (κ2) is 8.73. The van der Waals surface area contributed by atoms with E-state index in [1.165, 1.54) is 12.1 Å². The quantitative estimate of drug-likeness (QED) is 0.580. The molecule has 2 N–H and O–H groups in total. The lowest BCUT2D eigenvalue weighted by Gasteiger charge is -2.09. The molecule has 0 aliphatic heterocycles. The summed E-state index contributed by atoms with van der Waals surface area (Å²) in [5.41, 5.74) is 1.59. The number of pyridine rings is 1. The van der Waals surface area contributed by atoms with E-state index in [-0.39, 0.29) is 21.8 Å². The first-order chi connectivity index (χ1) is 13.5. The van der Waals surface area contributed by atoms with E-state index in [0.717, 1.165) is 0 Å². The van der Waals surface area contributed by atoms with Crippen molar-refractivity contribution in [2.45, 2.75) is 0 Å². The van der Waals surface area contributed by atoms with E-state index in [4.69, 9.17) is 27.9 Å². The van der Waals surface area contributed by atoms with Crippen LogP contribution < -0.4 is 15.4 Å². The molecule has 0 atom stereocenters. The van der Waals surface area contributed by atoms with E-state index in [2.05, 4.69) is 15.6 Å². The van der Waals surface area contributed by atoms with Gasteiger partial charge in [0.15, 0.2) is 0 Å². The van der Waals surface area contributed by atoms with Gasteiger partial charge in [-0.3, -0.25) is 9.59 Å². The average molecular weight is 416 g/mol. The summed E-state index contributed by atoms with van der Waals surface area (Å²) in [6, 6.07) is 16.4. The summed E-state index contributed by atoms with van der Waals surface area (Å²) in [5.74, 6) is -0.0714. The number of amides is 2. The van der Waals surface area contributed by atoms with Gasteiger partial charge < -0.3 is 15.4 Å². The number of ether oxygens (including phenoxy) is 1. The molecular formula is C20H15Cl2N3O3. The Morgan fingerprint density at radius 1 is 0.821 bits per heavy atom. The number of nitrogens with zero attached hydrogens (tertiary/aromatic N) is 1. The summed E-state index contributed by atoms with van der Waals surface area (Å²) in [6.45, 7) is 0. The maximum Gasteiger partial charge on any atom is 0.275 e. The highest BCUT2D eigenvalue weighted by molar-refractivity contribution is 6.35. The predicted octanol–water partition coefficient (Wildman–Crippen LogP) is 4.90. The van der Waals surface area contributed by atoms with Crippen LogP contribution in [0.3, 0.4) is 0 Å². The summed E-state index contributed by atoms with van der Waals surface area (Å²) >= 11 is 11.8. The van der Waals surface area contributed by atoms with Gasteiger partial charge in [0.05, 0.1) is 12.1 Å². The number of hydrogen-bond donors (Lipinski definition) is 2. The second-order valence-corrected chi connectivity index (χ2v) is 6.47. The third-order valence-corrected chi connectivity index (χ3v) is 4.30. The minimum absolute atomic E-state index is 0.0236. The SMILES string of the molecule is COc1ccc(NC(=O)c2ccc(NC(=O)c3nc(Cl)ccc3Cl)cc2)cc1. The lowest BCUT2D eigenvalue weighted by atomic mass is 10.2. The Morgan fingerprint density at radius 3 is 2.00 bits per heavy atom. The highest BCUT2D eigenvalue weighted by Crippen LogP contribution is 2.20. The third-order valence-electron chi connectivity index (χ3n) is 3.78. The summed E-state index contributed by atoms with van der Waals surface area (Å²) in [4.78, 5) is 28.5. The molecule has 0 aliphatic rings. The van der Waals surface area contributed by atoms with Gasteiger partial charge in [0.2, 0.25) is 0 Å². The van der Waals surface area contributed by atoms with Crippen LogP contribution >= 0.6 is 23.2 Å². The fraction of sp³-hybridized carbons (Fsp3) is 0.0500. The van der Waals surface area contributed by atoms with Crippen LogP contribution in [0.5, 0.6) is 5.75 Å². The van der Waals surface area contributed by atoms with Gasteiger partial charge in [-0.15, -0.1) is 0 Å². The van der Waals surface area contributed by atoms with E-state index < -0.39 is 5.91 Å². The number of halogens is 2. The Labute approximate surface area is 171 Å². The predicted molar refractivity (Wildman–Crippen MR) is 110 cm³/mol. The van der Waals surface area contributed by atoms with Gasteiger partial charge in [-0.1, -0.05) is 23.2 Å². The van der Waals surface area contributed by atoms with Crippen LogP contribution in [-0.4, -0.2) is 23.9 Å². The number of anilines is 2. The Morgan fingerprint density at radius 2 is 1.39 bits per heavy atom. The van der Waals surface area contributed by atoms with Crippen LogP contribution in [0.1, 0.15) is 20.8 Å². The molecule has 0 spiro atoms. The Hall–Kier alpha value is -3.09. The third kappa shape index (κ3) is 4.79. The normalized spacial score (nSPS) is 10.2. The first-order valence-electron chi connectivity index (χ1n) is 8.15. The molecule has 8 heteroatoms. The molecule has 2 amide bonds. The summed E-state index contributed by atoms with van der Waals surface area (Å²) in [6.07, 6.45) is 0. The minimum Gasteiger partial charge on any atom is -0.497 e. The largest absolute Gasteiger partial charge is 0.497 e. The molecule has 142 valence electrons. The lowest BCUT2D eigenvalue weighted by Crippen LogP contribution is -2.15. The van der Waals surface area contributed by atoms with Gasteiger partial charge >= 0.3 is 0 Å². The van der Waals surface area contributed by atoms with E-state index >= 15 is 0 Å². The number of carbonyl (C=O) groups is 2. The molecule has 2 aromatic carbocycles. The fourth-order valence-corrected chi connectivity index (χ4v) is 2.69. The average Bonchev–Trinajstić information content (AvgIpc) is 2.70. The van der Waals surface area contributed by atoms with Gasteiger partial charge in [0.25, 0.3) is 11.8 Å². The van der Waals surface area contributed by atoms with Crippen LogP contribution in [0.4, 0.5) is 11.4 Å². The molecule has 1 aromatic heterocycles. The van der Waals surface area contributed by atoms with Crippen LogP contribution in [0, 0.1) is 0 Å².